The average Bonchev–Trinajstić information content (AvgIpc) is 2.71. The molecule has 0 aromatic heterocycles. The molecule has 0 aliphatic heterocycles. The van der Waals surface area contributed by atoms with Crippen LogP contribution < -0.4 is 0 Å². The monoisotopic (exact) mass is 434 g/mol. The van der Waals surface area contributed by atoms with Crippen molar-refractivity contribution >= 4 is 27.4 Å². The van der Waals surface area contributed by atoms with E-state index in [1.807, 2.05) is 30.3 Å². The smallest absolute Gasteiger partial charge is 0.321 e. The molecule has 0 saturated carbocycles. The van der Waals surface area contributed by atoms with Crippen LogP contribution in [0.2, 0.25) is 0 Å². The first-order chi connectivity index (χ1) is 14.2. The number of hydrogen-bond donors (Lipinski definition) is 0. The van der Waals surface area contributed by atoms with Gasteiger partial charge in [-0.05, 0) is 31.5 Å². The molecule has 0 aliphatic rings. The fraction of sp³-hybridized carbons (Fsp3) is 0.300. The second-order valence-electron chi connectivity index (χ2n) is 6.31. The van der Waals surface area contributed by atoms with Crippen LogP contribution >= 0.6 is 0 Å². The zero-order valence-corrected chi connectivity index (χ0v) is 17.4. The van der Waals surface area contributed by atoms with Crippen LogP contribution in [-0.2, 0) is 25.9 Å². The summed E-state index contributed by atoms with van der Waals surface area (Å²) in [6.45, 7) is 3.92. The number of carbonyl (C=O) groups is 2. The molecule has 1 amide bonds. The van der Waals surface area contributed by atoms with Crippen LogP contribution in [0.3, 0.4) is 0 Å². The number of benzene rings is 2. The normalized spacial score (nSPS) is 11.0. The highest BCUT2D eigenvalue weighted by Crippen LogP contribution is 2.27. The number of nitrogens with zero attached hydrogens (tertiary/aromatic N) is 2. The molecule has 0 N–H and O–H groups in total. The maximum absolute atomic E-state index is 12.9. The largest absolute Gasteiger partial charge is 0.465 e. The molecule has 2 rings (SSSR count). The van der Waals surface area contributed by atoms with Gasteiger partial charge in [0.25, 0.3) is 11.6 Å². The van der Waals surface area contributed by atoms with Gasteiger partial charge in [-0.25, -0.2) is 8.42 Å². The summed E-state index contributed by atoms with van der Waals surface area (Å²) in [6, 6.07) is 12.3. The van der Waals surface area contributed by atoms with E-state index in [-0.39, 0.29) is 12.2 Å². The highest BCUT2D eigenvalue weighted by Gasteiger charge is 2.30. The summed E-state index contributed by atoms with van der Waals surface area (Å²) in [5.74, 6) is -2.50. The van der Waals surface area contributed by atoms with Crippen molar-refractivity contribution < 1.29 is 27.7 Å². The van der Waals surface area contributed by atoms with E-state index in [0.29, 0.717) is 13.1 Å². The van der Waals surface area contributed by atoms with Crippen LogP contribution in [0, 0.1) is 10.1 Å². The summed E-state index contributed by atoms with van der Waals surface area (Å²) in [4.78, 5) is 35.9. The number of hydrogen-bond acceptors (Lipinski definition) is 7. The van der Waals surface area contributed by atoms with Gasteiger partial charge in [0.15, 0.2) is 15.6 Å². The lowest BCUT2D eigenvalue weighted by atomic mass is 10.1. The minimum absolute atomic E-state index is 0.0157. The predicted molar refractivity (Wildman–Crippen MR) is 109 cm³/mol. The van der Waals surface area contributed by atoms with E-state index in [1.165, 1.54) is 17.9 Å². The molecule has 30 heavy (non-hydrogen) atoms. The summed E-state index contributed by atoms with van der Waals surface area (Å²) >= 11 is 0. The Bertz CT molecular complexity index is 1040. The van der Waals surface area contributed by atoms with E-state index in [0.717, 1.165) is 17.7 Å². The van der Waals surface area contributed by atoms with Gasteiger partial charge >= 0.3 is 5.97 Å². The SMILES string of the molecule is CCOC(=O)CS(=O)(=O)c1ccc(C(=O)N(CC)Cc2ccccc2)cc1[N+](=O)[O-]. The second kappa shape index (κ2) is 9.97. The first kappa shape index (κ1) is 23.0. The number of amides is 1. The lowest BCUT2D eigenvalue weighted by molar-refractivity contribution is -0.387. The number of carbonyl (C=O) groups excluding carboxylic acids is 2. The summed E-state index contributed by atoms with van der Waals surface area (Å²) in [5, 5.41) is 11.5. The third kappa shape index (κ3) is 5.63. The topological polar surface area (TPSA) is 124 Å². The number of nitro benzene ring substituents is 1. The van der Waals surface area contributed by atoms with Crippen molar-refractivity contribution in [2.24, 2.45) is 0 Å². The summed E-state index contributed by atoms with van der Waals surface area (Å²) in [6.07, 6.45) is 0. The van der Waals surface area contributed by atoms with Crippen molar-refractivity contribution in [2.45, 2.75) is 25.3 Å². The molecule has 160 valence electrons. The fourth-order valence-corrected chi connectivity index (χ4v) is 4.08. The van der Waals surface area contributed by atoms with Gasteiger partial charge in [0.05, 0.1) is 11.5 Å². The molecule has 9 nitrogen and oxygen atoms in total. The quantitative estimate of drug-likeness (QED) is 0.337. The van der Waals surface area contributed by atoms with Crippen LogP contribution in [0.15, 0.2) is 53.4 Å². The predicted octanol–water partition coefficient (Wildman–Crippen LogP) is 2.59. The summed E-state index contributed by atoms with van der Waals surface area (Å²) in [7, 11) is -4.32. The molecule has 0 heterocycles. The van der Waals surface area contributed by atoms with Crippen LogP contribution in [0.25, 0.3) is 0 Å². The molecule has 0 unspecified atom stereocenters. The minimum Gasteiger partial charge on any atom is -0.465 e. The van der Waals surface area contributed by atoms with Crippen molar-refractivity contribution in [3.8, 4) is 0 Å². The molecule has 0 bridgehead atoms. The van der Waals surface area contributed by atoms with Gasteiger partial charge in [-0.1, -0.05) is 30.3 Å². The van der Waals surface area contributed by atoms with Crippen molar-refractivity contribution in [1.82, 2.24) is 4.90 Å². The minimum atomic E-state index is -4.32. The molecule has 2 aromatic carbocycles. The van der Waals surface area contributed by atoms with Gasteiger partial charge in [0, 0.05) is 24.7 Å². The maximum Gasteiger partial charge on any atom is 0.321 e. The number of ether oxygens (including phenoxy) is 1. The van der Waals surface area contributed by atoms with E-state index in [1.54, 1.807) is 6.92 Å². The molecular formula is C20H22N2O7S. The van der Waals surface area contributed by atoms with Crippen molar-refractivity contribution in [3.63, 3.8) is 0 Å². The first-order valence-electron chi connectivity index (χ1n) is 9.19. The van der Waals surface area contributed by atoms with Gasteiger partial charge in [0.1, 0.15) is 4.90 Å². The van der Waals surface area contributed by atoms with Gasteiger partial charge in [-0.2, -0.15) is 0 Å². The van der Waals surface area contributed by atoms with Crippen LogP contribution in [-0.4, -0.2) is 49.0 Å². The zero-order chi connectivity index (χ0) is 22.3. The Balaban J connectivity index is 2.36. The zero-order valence-electron chi connectivity index (χ0n) is 16.6. The van der Waals surface area contributed by atoms with Crippen molar-refractivity contribution in [1.29, 1.82) is 0 Å². The number of sulfone groups is 1. The molecule has 0 spiro atoms. The Morgan fingerprint density at radius 1 is 1.10 bits per heavy atom. The third-order valence-corrected chi connectivity index (χ3v) is 5.87. The molecule has 2 aromatic rings. The summed E-state index contributed by atoms with van der Waals surface area (Å²) in [5.41, 5.74) is 0.103. The van der Waals surface area contributed by atoms with Crippen molar-refractivity contribution in [2.75, 3.05) is 18.9 Å². The highest BCUT2D eigenvalue weighted by atomic mass is 32.2. The van der Waals surface area contributed by atoms with Crippen molar-refractivity contribution in [3.05, 3.63) is 69.8 Å². The number of nitro groups is 1. The molecule has 0 fully saturated rings. The standard InChI is InChI=1S/C20H22N2O7S/c1-3-21(13-15-8-6-5-7-9-15)20(24)16-10-11-18(17(12-16)22(25)26)30(27,28)14-19(23)29-4-2/h5-12H,3-4,13-14H2,1-2H3. The van der Waals surface area contributed by atoms with Crippen LogP contribution in [0.1, 0.15) is 29.8 Å². The van der Waals surface area contributed by atoms with E-state index >= 15 is 0 Å². The lowest BCUT2D eigenvalue weighted by Crippen LogP contribution is -2.30. The second-order valence-corrected chi connectivity index (χ2v) is 8.27. The van der Waals surface area contributed by atoms with Crippen LogP contribution in [0.5, 0.6) is 0 Å². The molecule has 0 radical (unpaired) electrons. The number of rotatable bonds is 9. The molecule has 0 atom stereocenters. The van der Waals surface area contributed by atoms with E-state index in [9.17, 15) is 28.1 Å². The molecule has 0 saturated heterocycles. The average molecular weight is 434 g/mol. The Morgan fingerprint density at radius 3 is 2.33 bits per heavy atom. The van der Waals surface area contributed by atoms with Gasteiger partial charge in [0.2, 0.25) is 0 Å². The maximum atomic E-state index is 12.9. The Morgan fingerprint density at radius 2 is 1.77 bits per heavy atom. The number of esters is 1. The van der Waals surface area contributed by atoms with Gasteiger partial charge in [-0.3, -0.25) is 19.7 Å². The summed E-state index contributed by atoms with van der Waals surface area (Å²) < 4.78 is 29.5. The van der Waals surface area contributed by atoms with E-state index < -0.39 is 43.0 Å². The van der Waals surface area contributed by atoms with Gasteiger partial charge in [-0.15, -0.1) is 0 Å². The third-order valence-electron chi connectivity index (χ3n) is 4.24. The van der Waals surface area contributed by atoms with Gasteiger partial charge < -0.3 is 9.64 Å². The Kier molecular flexibility index (Phi) is 7.65. The Labute approximate surface area is 174 Å². The fourth-order valence-electron chi connectivity index (χ4n) is 2.81. The van der Waals surface area contributed by atoms with Crippen LogP contribution in [0.4, 0.5) is 5.69 Å². The lowest BCUT2D eigenvalue weighted by Gasteiger charge is -2.21. The Hall–Kier alpha value is -3.27. The molecular weight excluding hydrogens is 412 g/mol. The first-order valence-corrected chi connectivity index (χ1v) is 10.8. The highest BCUT2D eigenvalue weighted by molar-refractivity contribution is 7.92. The van der Waals surface area contributed by atoms with E-state index in [2.05, 4.69) is 4.74 Å². The molecule has 10 heteroatoms. The molecule has 0 aliphatic carbocycles. The van der Waals surface area contributed by atoms with E-state index in [4.69, 9.17) is 0 Å².